The van der Waals surface area contributed by atoms with E-state index in [1.165, 1.54) is 11.1 Å². The summed E-state index contributed by atoms with van der Waals surface area (Å²) in [6.45, 7) is 1.84. The third-order valence-corrected chi connectivity index (χ3v) is 3.69. The molecular weight excluding hydrogens is 250 g/mol. The number of phenols is 1. The van der Waals surface area contributed by atoms with E-state index in [2.05, 4.69) is 11.4 Å². The number of hydrogen-bond acceptors (Lipinski definition) is 3. The first-order valence-corrected chi connectivity index (χ1v) is 6.86. The molecule has 0 aromatic heterocycles. The van der Waals surface area contributed by atoms with Crippen molar-refractivity contribution in [2.24, 2.45) is 0 Å². The van der Waals surface area contributed by atoms with Gasteiger partial charge in [-0.3, -0.25) is 4.79 Å². The Bertz CT molecular complexity index is 649. The van der Waals surface area contributed by atoms with Gasteiger partial charge in [-0.25, -0.2) is 0 Å². The van der Waals surface area contributed by atoms with Crippen molar-refractivity contribution in [2.75, 3.05) is 6.54 Å². The number of benzene rings is 2. The highest BCUT2D eigenvalue weighted by atomic mass is 16.3. The van der Waals surface area contributed by atoms with Crippen molar-refractivity contribution in [3.8, 4) is 5.75 Å². The molecule has 0 fully saturated rings. The zero-order chi connectivity index (χ0) is 13.9. The SMILES string of the molecule is O=C(Cc1cccc(O)c1)c1ccc2c(c1)CNCC2. The van der Waals surface area contributed by atoms with E-state index < -0.39 is 0 Å². The Labute approximate surface area is 118 Å². The predicted molar refractivity (Wildman–Crippen MR) is 78.0 cm³/mol. The smallest absolute Gasteiger partial charge is 0.167 e. The lowest BCUT2D eigenvalue weighted by atomic mass is 9.95. The van der Waals surface area contributed by atoms with E-state index >= 15 is 0 Å². The molecular formula is C17H17NO2. The van der Waals surface area contributed by atoms with Gasteiger partial charge in [-0.15, -0.1) is 0 Å². The second-order valence-electron chi connectivity index (χ2n) is 5.18. The van der Waals surface area contributed by atoms with E-state index in [9.17, 15) is 9.90 Å². The number of nitrogens with one attached hydrogen (secondary N) is 1. The summed E-state index contributed by atoms with van der Waals surface area (Å²) in [5, 5.41) is 12.8. The summed E-state index contributed by atoms with van der Waals surface area (Å²) in [7, 11) is 0. The van der Waals surface area contributed by atoms with E-state index in [4.69, 9.17) is 0 Å². The largest absolute Gasteiger partial charge is 0.508 e. The maximum Gasteiger partial charge on any atom is 0.167 e. The van der Waals surface area contributed by atoms with Crippen LogP contribution in [0.4, 0.5) is 0 Å². The Morgan fingerprint density at radius 3 is 2.90 bits per heavy atom. The van der Waals surface area contributed by atoms with Crippen LogP contribution in [0.2, 0.25) is 0 Å². The predicted octanol–water partition coefficient (Wildman–Crippen LogP) is 2.46. The maximum absolute atomic E-state index is 12.3. The standard InChI is InChI=1S/C17H17NO2/c19-16-3-1-2-12(8-16)9-17(20)14-5-4-13-6-7-18-11-15(13)10-14/h1-5,8,10,18-19H,6-7,9,11H2. The van der Waals surface area contributed by atoms with E-state index in [-0.39, 0.29) is 11.5 Å². The fraction of sp³-hybridized carbons (Fsp3) is 0.235. The number of Topliss-reactive ketones (excluding diaryl/α,β-unsaturated/α-hetero) is 1. The fourth-order valence-corrected chi connectivity index (χ4v) is 2.61. The molecule has 0 unspecified atom stereocenters. The van der Waals surface area contributed by atoms with Crippen LogP contribution in [0.3, 0.4) is 0 Å². The van der Waals surface area contributed by atoms with Gasteiger partial charge in [-0.1, -0.05) is 24.3 Å². The van der Waals surface area contributed by atoms with Crippen LogP contribution in [0, 0.1) is 0 Å². The van der Waals surface area contributed by atoms with Crippen LogP contribution in [0.15, 0.2) is 42.5 Å². The molecule has 20 heavy (non-hydrogen) atoms. The third-order valence-electron chi connectivity index (χ3n) is 3.69. The van der Waals surface area contributed by atoms with Crippen molar-refractivity contribution in [2.45, 2.75) is 19.4 Å². The third kappa shape index (κ3) is 2.73. The highest BCUT2D eigenvalue weighted by Crippen LogP contribution is 2.18. The van der Waals surface area contributed by atoms with Crippen LogP contribution in [0.1, 0.15) is 27.0 Å². The first-order chi connectivity index (χ1) is 9.72. The van der Waals surface area contributed by atoms with E-state index in [1.807, 2.05) is 18.2 Å². The van der Waals surface area contributed by atoms with Crippen LogP contribution in [-0.4, -0.2) is 17.4 Å². The molecule has 0 aliphatic carbocycles. The molecule has 2 aromatic rings. The number of carbonyl (C=O) groups excluding carboxylic acids is 1. The number of ketones is 1. The van der Waals surface area contributed by atoms with Gasteiger partial charge in [-0.2, -0.15) is 0 Å². The lowest BCUT2D eigenvalue weighted by molar-refractivity contribution is 0.0993. The van der Waals surface area contributed by atoms with E-state index in [1.54, 1.807) is 18.2 Å². The minimum Gasteiger partial charge on any atom is -0.508 e. The average molecular weight is 267 g/mol. The molecule has 3 heteroatoms. The summed E-state index contributed by atoms with van der Waals surface area (Å²) in [5.74, 6) is 0.286. The number of rotatable bonds is 3. The molecule has 1 aliphatic rings. The highest BCUT2D eigenvalue weighted by molar-refractivity contribution is 5.97. The number of hydrogen-bond donors (Lipinski definition) is 2. The van der Waals surface area contributed by atoms with Gasteiger partial charge in [0.05, 0.1) is 0 Å². The summed E-state index contributed by atoms with van der Waals surface area (Å²) in [6, 6.07) is 12.8. The molecule has 0 atom stereocenters. The average Bonchev–Trinajstić information content (AvgIpc) is 2.47. The number of aromatic hydroxyl groups is 1. The molecule has 0 bridgehead atoms. The Morgan fingerprint density at radius 1 is 1.15 bits per heavy atom. The number of phenolic OH excluding ortho intramolecular Hbond substituents is 1. The summed E-state index contributed by atoms with van der Waals surface area (Å²) in [5.41, 5.74) is 4.14. The van der Waals surface area contributed by atoms with Gasteiger partial charge in [-0.05, 0) is 47.9 Å². The molecule has 1 aliphatic heterocycles. The van der Waals surface area contributed by atoms with Gasteiger partial charge >= 0.3 is 0 Å². The Morgan fingerprint density at radius 2 is 2.05 bits per heavy atom. The Balaban J connectivity index is 1.80. The summed E-state index contributed by atoms with van der Waals surface area (Å²) < 4.78 is 0. The number of carbonyl (C=O) groups is 1. The van der Waals surface area contributed by atoms with Gasteiger partial charge < -0.3 is 10.4 Å². The second kappa shape index (κ2) is 5.47. The molecule has 3 nitrogen and oxygen atoms in total. The van der Waals surface area contributed by atoms with Crippen molar-refractivity contribution < 1.29 is 9.90 Å². The topological polar surface area (TPSA) is 49.3 Å². The lowest BCUT2D eigenvalue weighted by Crippen LogP contribution is -2.23. The monoisotopic (exact) mass is 267 g/mol. The molecule has 3 rings (SSSR count). The van der Waals surface area contributed by atoms with Gasteiger partial charge in [0, 0.05) is 18.5 Å². The summed E-state index contributed by atoms with van der Waals surface area (Å²) in [6.07, 6.45) is 1.34. The zero-order valence-electron chi connectivity index (χ0n) is 11.2. The molecule has 0 saturated heterocycles. The molecule has 2 N–H and O–H groups in total. The molecule has 1 heterocycles. The summed E-state index contributed by atoms with van der Waals surface area (Å²) >= 11 is 0. The first kappa shape index (κ1) is 12.9. The molecule has 2 aromatic carbocycles. The Hall–Kier alpha value is -2.13. The van der Waals surface area contributed by atoms with Crippen LogP contribution in [0.5, 0.6) is 5.75 Å². The normalized spacial score (nSPS) is 13.8. The highest BCUT2D eigenvalue weighted by Gasteiger charge is 2.13. The van der Waals surface area contributed by atoms with Crippen molar-refractivity contribution in [1.29, 1.82) is 0 Å². The molecule has 102 valence electrons. The van der Waals surface area contributed by atoms with Crippen molar-refractivity contribution in [3.05, 3.63) is 64.7 Å². The second-order valence-corrected chi connectivity index (χ2v) is 5.18. The van der Waals surface area contributed by atoms with Crippen molar-refractivity contribution in [3.63, 3.8) is 0 Å². The molecule has 0 saturated carbocycles. The van der Waals surface area contributed by atoms with Gasteiger partial charge in [0.1, 0.15) is 5.75 Å². The fourth-order valence-electron chi connectivity index (χ4n) is 2.61. The van der Waals surface area contributed by atoms with Crippen LogP contribution in [-0.2, 0) is 19.4 Å². The zero-order valence-corrected chi connectivity index (χ0v) is 11.2. The Kier molecular flexibility index (Phi) is 3.52. The van der Waals surface area contributed by atoms with Crippen LogP contribution >= 0.6 is 0 Å². The molecule has 0 amide bonds. The van der Waals surface area contributed by atoms with Crippen LogP contribution < -0.4 is 5.32 Å². The lowest BCUT2D eigenvalue weighted by Gasteiger charge is -2.17. The van der Waals surface area contributed by atoms with Crippen molar-refractivity contribution >= 4 is 5.78 Å². The number of fused-ring (bicyclic) bond motifs is 1. The van der Waals surface area contributed by atoms with Gasteiger partial charge in [0.15, 0.2) is 5.78 Å². The minimum absolute atomic E-state index is 0.0870. The van der Waals surface area contributed by atoms with Crippen LogP contribution in [0.25, 0.3) is 0 Å². The molecule has 0 spiro atoms. The van der Waals surface area contributed by atoms with Gasteiger partial charge in [0.2, 0.25) is 0 Å². The van der Waals surface area contributed by atoms with E-state index in [0.717, 1.165) is 30.6 Å². The van der Waals surface area contributed by atoms with E-state index in [0.29, 0.717) is 6.42 Å². The minimum atomic E-state index is 0.0870. The summed E-state index contributed by atoms with van der Waals surface area (Å²) in [4.78, 5) is 12.3. The first-order valence-electron chi connectivity index (χ1n) is 6.86. The maximum atomic E-state index is 12.3. The quantitative estimate of drug-likeness (QED) is 0.840. The van der Waals surface area contributed by atoms with Gasteiger partial charge in [0.25, 0.3) is 0 Å². The van der Waals surface area contributed by atoms with Crippen molar-refractivity contribution in [1.82, 2.24) is 5.32 Å². The molecule has 0 radical (unpaired) electrons.